The third kappa shape index (κ3) is 4.25. The summed E-state index contributed by atoms with van der Waals surface area (Å²) < 4.78 is 5.03. The number of aryl methyl sites for hydroxylation is 1. The number of benzene rings is 1. The predicted octanol–water partition coefficient (Wildman–Crippen LogP) is 2.92. The molecule has 4 heteroatoms. The van der Waals surface area contributed by atoms with Crippen LogP contribution in [-0.2, 0) is 6.42 Å². The molecule has 1 atom stereocenters. The summed E-state index contributed by atoms with van der Waals surface area (Å²) in [7, 11) is 1.61. The molecule has 0 bridgehead atoms. The lowest BCUT2D eigenvalue weighted by atomic mass is 10.1. The molecule has 0 saturated heterocycles. The van der Waals surface area contributed by atoms with Crippen molar-refractivity contribution < 1.29 is 4.74 Å². The summed E-state index contributed by atoms with van der Waals surface area (Å²) in [5.74, 6) is 1.31. The normalized spacial score (nSPS) is 11.9. The maximum Gasteiger partial charge on any atom is 0.223 e. The Kier molecular flexibility index (Phi) is 4.72. The Morgan fingerprint density at radius 2 is 1.84 bits per heavy atom. The van der Waals surface area contributed by atoms with Crippen molar-refractivity contribution >= 4 is 5.95 Å². The summed E-state index contributed by atoms with van der Waals surface area (Å²) >= 11 is 0. The zero-order valence-electron chi connectivity index (χ0n) is 11.3. The van der Waals surface area contributed by atoms with Crippen LogP contribution in [0.5, 0.6) is 5.75 Å². The number of anilines is 1. The quantitative estimate of drug-likeness (QED) is 0.864. The van der Waals surface area contributed by atoms with Gasteiger partial charge in [-0.15, -0.1) is 0 Å². The van der Waals surface area contributed by atoms with Crippen molar-refractivity contribution in [3.05, 3.63) is 48.3 Å². The smallest absolute Gasteiger partial charge is 0.223 e. The third-order valence-electron chi connectivity index (χ3n) is 2.95. The number of rotatable bonds is 6. The molecule has 0 spiro atoms. The highest BCUT2D eigenvalue weighted by Gasteiger charge is 2.04. The number of hydrogen-bond donors (Lipinski definition) is 1. The second-order valence-electron chi connectivity index (χ2n) is 4.52. The Hall–Kier alpha value is -2.10. The van der Waals surface area contributed by atoms with Gasteiger partial charge in [0.1, 0.15) is 0 Å². The molecule has 0 fully saturated rings. The van der Waals surface area contributed by atoms with E-state index in [2.05, 4.69) is 46.5 Å². The zero-order valence-corrected chi connectivity index (χ0v) is 11.3. The van der Waals surface area contributed by atoms with E-state index in [1.165, 1.54) is 5.56 Å². The molecular weight excluding hydrogens is 238 g/mol. The number of methoxy groups -OCH3 is 1. The molecule has 0 aliphatic carbocycles. The molecule has 100 valence electrons. The van der Waals surface area contributed by atoms with E-state index in [4.69, 9.17) is 4.74 Å². The molecular formula is C15H19N3O. The van der Waals surface area contributed by atoms with E-state index < -0.39 is 0 Å². The minimum atomic E-state index is 0.327. The summed E-state index contributed by atoms with van der Waals surface area (Å²) in [6, 6.07) is 10.8. The SMILES string of the molecule is COc1cnc(NC(C)CCc2ccccc2)nc1. The molecule has 0 amide bonds. The van der Waals surface area contributed by atoms with Gasteiger partial charge >= 0.3 is 0 Å². The number of ether oxygens (including phenoxy) is 1. The number of hydrogen-bond acceptors (Lipinski definition) is 4. The summed E-state index contributed by atoms with van der Waals surface area (Å²) in [5, 5.41) is 3.29. The van der Waals surface area contributed by atoms with Gasteiger partial charge in [0, 0.05) is 6.04 Å². The molecule has 1 aromatic carbocycles. The van der Waals surface area contributed by atoms with Crippen LogP contribution >= 0.6 is 0 Å². The van der Waals surface area contributed by atoms with Gasteiger partial charge in [0.25, 0.3) is 0 Å². The van der Waals surface area contributed by atoms with Crippen molar-refractivity contribution in [2.45, 2.75) is 25.8 Å². The molecule has 2 aromatic rings. The zero-order chi connectivity index (χ0) is 13.5. The van der Waals surface area contributed by atoms with E-state index in [0.717, 1.165) is 12.8 Å². The average Bonchev–Trinajstić information content (AvgIpc) is 2.47. The van der Waals surface area contributed by atoms with Crippen LogP contribution in [0.15, 0.2) is 42.7 Å². The maximum atomic E-state index is 5.03. The molecule has 1 heterocycles. The first-order chi connectivity index (χ1) is 9.28. The molecule has 1 aromatic heterocycles. The first kappa shape index (κ1) is 13.3. The molecule has 0 aliphatic rings. The van der Waals surface area contributed by atoms with Gasteiger partial charge in [-0.3, -0.25) is 0 Å². The van der Waals surface area contributed by atoms with Crippen LogP contribution in [0, 0.1) is 0 Å². The van der Waals surface area contributed by atoms with E-state index >= 15 is 0 Å². The van der Waals surface area contributed by atoms with Crippen LogP contribution < -0.4 is 10.1 Å². The summed E-state index contributed by atoms with van der Waals surface area (Å²) in [4.78, 5) is 8.39. The van der Waals surface area contributed by atoms with E-state index in [1.54, 1.807) is 19.5 Å². The largest absolute Gasteiger partial charge is 0.494 e. The third-order valence-corrected chi connectivity index (χ3v) is 2.95. The average molecular weight is 257 g/mol. The molecule has 2 rings (SSSR count). The molecule has 0 saturated carbocycles. The van der Waals surface area contributed by atoms with Crippen molar-refractivity contribution in [1.82, 2.24) is 9.97 Å². The van der Waals surface area contributed by atoms with E-state index in [-0.39, 0.29) is 0 Å². The Morgan fingerprint density at radius 3 is 2.47 bits per heavy atom. The molecule has 0 aliphatic heterocycles. The molecule has 19 heavy (non-hydrogen) atoms. The Morgan fingerprint density at radius 1 is 1.16 bits per heavy atom. The van der Waals surface area contributed by atoms with Gasteiger partial charge in [-0.25, -0.2) is 9.97 Å². The van der Waals surface area contributed by atoms with Crippen LogP contribution in [0.25, 0.3) is 0 Å². The van der Waals surface area contributed by atoms with Crippen molar-refractivity contribution in [2.75, 3.05) is 12.4 Å². The highest BCUT2D eigenvalue weighted by molar-refractivity contribution is 5.28. The van der Waals surface area contributed by atoms with Gasteiger partial charge in [0.2, 0.25) is 5.95 Å². The first-order valence-corrected chi connectivity index (χ1v) is 6.44. The van der Waals surface area contributed by atoms with Crippen molar-refractivity contribution in [1.29, 1.82) is 0 Å². The number of nitrogens with one attached hydrogen (secondary N) is 1. The Balaban J connectivity index is 1.82. The lowest BCUT2D eigenvalue weighted by molar-refractivity contribution is 0.411. The minimum absolute atomic E-state index is 0.327. The highest BCUT2D eigenvalue weighted by atomic mass is 16.5. The Bertz CT molecular complexity index is 485. The van der Waals surface area contributed by atoms with Crippen LogP contribution in [-0.4, -0.2) is 23.1 Å². The highest BCUT2D eigenvalue weighted by Crippen LogP contribution is 2.10. The van der Waals surface area contributed by atoms with Crippen molar-refractivity contribution in [3.8, 4) is 5.75 Å². The van der Waals surface area contributed by atoms with E-state index in [9.17, 15) is 0 Å². The van der Waals surface area contributed by atoms with Gasteiger partial charge in [0.15, 0.2) is 5.75 Å². The number of aromatic nitrogens is 2. The van der Waals surface area contributed by atoms with Crippen molar-refractivity contribution in [3.63, 3.8) is 0 Å². The molecule has 0 radical (unpaired) electrons. The van der Waals surface area contributed by atoms with E-state index in [1.807, 2.05) is 6.07 Å². The fourth-order valence-corrected chi connectivity index (χ4v) is 1.82. The van der Waals surface area contributed by atoms with Crippen LogP contribution in [0.4, 0.5) is 5.95 Å². The first-order valence-electron chi connectivity index (χ1n) is 6.44. The molecule has 1 unspecified atom stereocenters. The molecule has 4 nitrogen and oxygen atoms in total. The van der Waals surface area contributed by atoms with E-state index in [0.29, 0.717) is 17.7 Å². The summed E-state index contributed by atoms with van der Waals surface area (Å²) in [6.45, 7) is 2.14. The van der Waals surface area contributed by atoms with Gasteiger partial charge in [-0.05, 0) is 25.3 Å². The standard InChI is InChI=1S/C15H19N3O/c1-12(8-9-13-6-4-3-5-7-13)18-15-16-10-14(19-2)11-17-15/h3-7,10-12H,8-9H2,1-2H3,(H,16,17,18). The topological polar surface area (TPSA) is 47.0 Å². The van der Waals surface area contributed by atoms with Gasteiger partial charge in [-0.1, -0.05) is 30.3 Å². The second kappa shape index (κ2) is 6.73. The summed E-state index contributed by atoms with van der Waals surface area (Å²) in [6.07, 6.45) is 5.42. The number of nitrogens with zero attached hydrogens (tertiary/aromatic N) is 2. The van der Waals surface area contributed by atoms with Gasteiger partial charge in [-0.2, -0.15) is 0 Å². The second-order valence-corrected chi connectivity index (χ2v) is 4.52. The fourth-order valence-electron chi connectivity index (χ4n) is 1.82. The Labute approximate surface area is 113 Å². The maximum absolute atomic E-state index is 5.03. The minimum Gasteiger partial charge on any atom is -0.494 e. The fraction of sp³-hybridized carbons (Fsp3) is 0.333. The lowest BCUT2D eigenvalue weighted by Crippen LogP contribution is -2.17. The van der Waals surface area contributed by atoms with Crippen LogP contribution in [0.3, 0.4) is 0 Å². The van der Waals surface area contributed by atoms with Gasteiger partial charge < -0.3 is 10.1 Å². The monoisotopic (exact) mass is 257 g/mol. The summed E-state index contributed by atoms with van der Waals surface area (Å²) in [5.41, 5.74) is 1.35. The van der Waals surface area contributed by atoms with Gasteiger partial charge in [0.05, 0.1) is 19.5 Å². The lowest BCUT2D eigenvalue weighted by Gasteiger charge is -2.13. The van der Waals surface area contributed by atoms with Crippen molar-refractivity contribution in [2.24, 2.45) is 0 Å². The molecule has 1 N–H and O–H groups in total. The van der Waals surface area contributed by atoms with Crippen LogP contribution in [0.1, 0.15) is 18.9 Å². The van der Waals surface area contributed by atoms with Crippen LogP contribution in [0.2, 0.25) is 0 Å². The predicted molar refractivity (Wildman–Crippen MR) is 76.4 cm³/mol.